The van der Waals surface area contributed by atoms with Gasteiger partial charge in [-0.05, 0) is 24.6 Å². The van der Waals surface area contributed by atoms with Crippen molar-refractivity contribution in [1.29, 1.82) is 0 Å². The number of halogens is 2. The summed E-state index contributed by atoms with van der Waals surface area (Å²) in [5.74, 6) is -3.63. The highest BCUT2D eigenvalue weighted by Crippen LogP contribution is 2.13. The van der Waals surface area contributed by atoms with Crippen LogP contribution >= 0.6 is 0 Å². The summed E-state index contributed by atoms with van der Waals surface area (Å²) < 4.78 is 27.1. The monoisotopic (exact) mass is 333 g/mol. The summed E-state index contributed by atoms with van der Waals surface area (Å²) in [6, 6.07) is 9.36. The van der Waals surface area contributed by atoms with Crippen molar-refractivity contribution in [2.24, 2.45) is 0 Å². The zero-order chi connectivity index (χ0) is 17.7. The molecule has 1 atom stereocenters. The standard InChI is InChI=1S/C18H17F2NO3/c1-11-4-2-5-12(8-11)9-16(18(23)24)21-17(22)10-13-14(19)6-3-7-15(13)20/h2-8,16H,9-10H2,1H3,(H,21,22)(H,23,24)/t16-/m1/s1. The van der Waals surface area contributed by atoms with Crippen LogP contribution in [0.3, 0.4) is 0 Å². The fourth-order valence-electron chi connectivity index (χ4n) is 2.38. The number of rotatable bonds is 6. The van der Waals surface area contributed by atoms with Gasteiger partial charge >= 0.3 is 5.97 Å². The lowest BCUT2D eigenvalue weighted by Crippen LogP contribution is -2.43. The van der Waals surface area contributed by atoms with Gasteiger partial charge in [-0.2, -0.15) is 0 Å². The van der Waals surface area contributed by atoms with Crippen molar-refractivity contribution in [2.75, 3.05) is 0 Å². The Labute approximate surface area is 138 Å². The smallest absolute Gasteiger partial charge is 0.326 e. The Bertz CT molecular complexity index is 741. The number of benzene rings is 2. The van der Waals surface area contributed by atoms with Gasteiger partial charge in [0.05, 0.1) is 6.42 Å². The molecule has 4 nitrogen and oxygen atoms in total. The molecule has 2 N–H and O–H groups in total. The van der Waals surface area contributed by atoms with Gasteiger partial charge in [0.15, 0.2) is 0 Å². The minimum atomic E-state index is -1.21. The van der Waals surface area contributed by atoms with Crippen LogP contribution in [-0.2, 0) is 22.4 Å². The molecule has 0 aromatic heterocycles. The Morgan fingerprint density at radius 1 is 1.12 bits per heavy atom. The Hall–Kier alpha value is -2.76. The van der Waals surface area contributed by atoms with E-state index in [1.54, 1.807) is 12.1 Å². The normalized spacial score (nSPS) is 11.8. The summed E-state index contributed by atoms with van der Waals surface area (Å²) >= 11 is 0. The first-order valence-corrected chi connectivity index (χ1v) is 7.37. The average molecular weight is 333 g/mol. The molecule has 0 radical (unpaired) electrons. The van der Waals surface area contributed by atoms with Gasteiger partial charge < -0.3 is 10.4 Å². The number of aliphatic carboxylic acids is 1. The number of hydrogen-bond acceptors (Lipinski definition) is 2. The third-order valence-corrected chi connectivity index (χ3v) is 3.55. The number of hydrogen-bond donors (Lipinski definition) is 2. The number of amides is 1. The largest absolute Gasteiger partial charge is 0.480 e. The van der Waals surface area contributed by atoms with Gasteiger partial charge in [-0.3, -0.25) is 4.79 Å². The zero-order valence-electron chi connectivity index (χ0n) is 13.1. The van der Waals surface area contributed by atoms with Crippen LogP contribution < -0.4 is 5.32 Å². The van der Waals surface area contributed by atoms with E-state index in [1.165, 1.54) is 6.07 Å². The first-order valence-electron chi connectivity index (χ1n) is 7.37. The molecule has 2 aromatic rings. The molecule has 0 spiro atoms. The lowest BCUT2D eigenvalue weighted by molar-refractivity contribution is -0.141. The first-order chi connectivity index (χ1) is 11.4. The van der Waals surface area contributed by atoms with Crippen LogP contribution in [0.5, 0.6) is 0 Å². The van der Waals surface area contributed by atoms with Crippen LogP contribution in [0.2, 0.25) is 0 Å². The molecule has 6 heteroatoms. The van der Waals surface area contributed by atoms with Crippen molar-refractivity contribution in [3.05, 3.63) is 70.8 Å². The second-order valence-electron chi connectivity index (χ2n) is 5.53. The highest BCUT2D eigenvalue weighted by Gasteiger charge is 2.22. The molecule has 0 unspecified atom stereocenters. The van der Waals surface area contributed by atoms with E-state index in [1.807, 2.05) is 19.1 Å². The lowest BCUT2D eigenvalue weighted by Gasteiger charge is -2.15. The average Bonchev–Trinajstić information content (AvgIpc) is 2.50. The van der Waals surface area contributed by atoms with Crippen LogP contribution in [0.1, 0.15) is 16.7 Å². The quantitative estimate of drug-likeness (QED) is 0.854. The lowest BCUT2D eigenvalue weighted by atomic mass is 10.0. The van der Waals surface area contributed by atoms with E-state index in [2.05, 4.69) is 5.32 Å². The second kappa shape index (κ2) is 7.68. The van der Waals surface area contributed by atoms with Crippen molar-refractivity contribution in [1.82, 2.24) is 5.32 Å². The van der Waals surface area contributed by atoms with Gasteiger partial charge in [0.25, 0.3) is 0 Å². The molecule has 24 heavy (non-hydrogen) atoms. The summed E-state index contributed by atoms with van der Waals surface area (Å²) in [5.41, 5.74) is 1.34. The molecule has 0 fully saturated rings. The number of nitrogens with one attached hydrogen (secondary N) is 1. The van der Waals surface area contributed by atoms with E-state index in [4.69, 9.17) is 0 Å². The molecular formula is C18H17F2NO3. The van der Waals surface area contributed by atoms with E-state index in [-0.39, 0.29) is 12.0 Å². The van der Waals surface area contributed by atoms with Gasteiger partial charge in [0.2, 0.25) is 5.91 Å². The number of carbonyl (C=O) groups is 2. The van der Waals surface area contributed by atoms with E-state index in [9.17, 15) is 23.5 Å². The van der Waals surface area contributed by atoms with Crippen molar-refractivity contribution in [3.8, 4) is 0 Å². The summed E-state index contributed by atoms with van der Waals surface area (Å²) in [7, 11) is 0. The van der Waals surface area contributed by atoms with E-state index < -0.39 is 36.0 Å². The molecule has 2 aromatic carbocycles. The van der Waals surface area contributed by atoms with Crippen molar-refractivity contribution in [2.45, 2.75) is 25.8 Å². The fourth-order valence-corrected chi connectivity index (χ4v) is 2.38. The topological polar surface area (TPSA) is 66.4 Å². The van der Waals surface area contributed by atoms with E-state index in [0.717, 1.165) is 23.3 Å². The van der Waals surface area contributed by atoms with Crippen LogP contribution in [0, 0.1) is 18.6 Å². The van der Waals surface area contributed by atoms with E-state index >= 15 is 0 Å². The molecule has 0 saturated heterocycles. The van der Waals surface area contributed by atoms with Crippen LogP contribution in [-0.4, -0.2) is 23.0 Å². The van der Waals surface area contributed by atoms with Crippen LogP contribution in [0.4, 0.5) is 8.78 Å². The predicted octanol–water partition coefficient (Wildman–Crippen LogP) is 2.63. The third kappa shape index (κ3) is 4.62. The van der Waals surface area contributed by atoms with Crippen LogP contribution in [0.25, 0.3) is 0 Å². The molecule has 0 bridgehead atoms. The van der Waals surface area contributed by atoms with Crippen molar-refractivity contribution >= 4 is 11.9 Å². The molecule has 0 aliphatic heterocycles. The Morgan fingerprint density at radius 3 is 2.33 bits per heavy atom. The Kier molecular flexibility index (Phi) is 5.63. The molecule has 0 aliphatic carbocycles. The molecule has 126 valence electrons. The maximum atomic E-state index is 13.6. The van der Waals surface area contributed by atoms with Gasteiger partial charge in [-0.25, -0.2) is 13.6 Å². The minimum Gasteiger partial charge on any atom is -0.480 e. The highest BCUT2D eigenvalue weighted by molar-refractivity contribution is 5.85. The SMILES string of the molecule is Cc1cccc(C[C@@H](NC(=O)Cc2c(F)cccc2F)C(=O)O)c1. The van der Waals surface area contributed by atoms with Gasteiger partial charge in [-0.1, -0.05) is 35.9 Å². The zero-order valence-corrected chi connectivity index (χ0v) is 13.1. The second-order valence-corrected chi connectivity index (χ2v) is 5.53. The fraction of sp³-hybridized carbons (Fsp3) is 0.222. The number of carbonyl (C=O) groups excluding carboxylic acids is 1. The molecule has 0 heterocycles. The summed E-state index contributed by atoms with van der Waals surface area (Å²) in [6.07, 6.45) is -0.474. The number of carboxylic acid groups (broad SMARTS) is 1. The Balaban J connectivity index is 2.07. The van der Waals surface area contributed by atoms with Crippen LogP contribution in [0.15, 0.2) is 42.5 Å². The maximum absolute atomic E-state index is 13.6. The predicted molar refractivity (Wildman–Crippen MR) is 84.5 cm³/mol. The molecule has 0 aliphatic rings. The molecule has 0 saturated carbocycles. The van der Waals surface area contributed by atoms with Gasteiger partial charge in [0.1, 0.15) is 17.7 Å². The van der Waals surface area contributed by atoms with Crippen molar-refractivity contribution in [3.63, 3.8) is 0 Å². The number of aryl methyl sites for hydroxylation is 1. The minimum absolute atomic E-state index is 0.0858. The van der Waals surface area contributed by atoms with Gasteiger partial charge in [-0.15, -0.1) is 0 Å². The highest BCUT2D eigenvalue weighted by atomic mass is 19.1. The summed E-state index contributed by atoms with van der Waals surface area (Å²) in [5, 5.41) is 11.6. The first kappa shape index (κ1) is 17.6. The van der Waals surface area contributed by atoms with E-state index in [0.29, 0.717) is 0 Å². The summed E-state index contributed by atoms with van der Waals surface area (Å²) in [6.45, 7) is 1.87. The Morgan fingerprint density at radius 2 is 1.75 bits per heavy atom. The number of carboxylic acids is 1. The van der Waals surface area contributed by atoms with Gasteiger partial charge in [0, 0.05) is 12.0 Å². The van der Waals surface area contributed by atoms with Crippen molar-refractivity contribution < 1.29 is 23.5 Å². The summed E-state index contributed by atoms with van der Waals surface area (Å²) in [4.78, 5) is 23.3. The maximum Gasteiger partial charge on any atom is 0.326 e. The molecule has 2 rings (SSSR count). The third-order valence-electron chi connectivity index (χ3n) is 3.55. The molecular weight excluding hydrogens is 316 g/mol. The molecule has 1 amide bonds.